The highest BCUT2D eigenvalue weighted by atomic mass is 79.9. The molecule has 2 N–H and O–H groups in total. The first-order chi connectivity index (χ1) is 9.88. The van der Waals surface area contributed by atoms with E-state index in [1.165, 1.54) is 14.2 Å². The van der Waals surface area contributed by atoms with Gasteiger partial charge in [-0.2, -0.15) is 0 Å². The fraction of sp³-hybridized carbons (Fsp3) is 0.429. The van der Waals surface area contributed by atoms with Gasteiger partial charge in [0.1, 0.15) is 16.0 Å². The zero-order valence-corrected chi connectivity index (χ0v) is 13.7. The van der Waals surface area contributed by atoms with Crippen molar-refractivity contribution in [2.75, 3.05) is 20.8 Å². The molecule has 0 heterocycles. The maximum Gasteiger partial charge on any atom is 0.303 e. The third kappa shape index (κ3) is 4.93. The summed E-state index contributed by atoms with van der Waals surface area (Å²) in [6, 6.07) is 3.17. The first kappa shape index (κ1) is 17.3. The average Bonchev–Trinajstić information content (AvgIpc) is 2.44. The molecule has 0 aliphatic carbocycles. The number of carbonyl (C=O) groups excluding carboxylic acids is 1. The third-order valence-corrected chi connectivity index (χ3v) is 3.62. The van der Waals surface area contributed by atoms with Crippen LogP contribution in [0.1, 0.15) is 23.7 Å². The number of ether oxygens (including phenoxy) is 2. The fourth-order valence-corrected chi connectivity index (χ4v) is 2.29. The highest BCUT2D eigenvalue weighted by Crippen LogP contribution is 2.35. The lowest BCUT2D eigenvalue weighted by molar-refractivity contribution is -0.137. The summed E-state index contributed by atoms with van der Waals surface area (Å²) < 4.78 is 11.0. The minimum atomic E-state index is -0.885. The molecule has 1 aromatic rings. The summed E-state index contributed by atoms with van der Waals surface area (Å²) in [5.74, 6) is -0.373. The van der Waals surface area contributed by atoms with E-state index in [2.05, 4.69) is 21.2 Å². The first-order valence-electron chi connectivity index (χ1n) is 6.30. The average molecular weight is 360 g/mol. The Morgan fingerprint density at radius 2 is 1.81 bits per heavy atom. The van der Waals surface area contributed by atoms with E-state index < -0.39 is 5.97 Å². The monoisotopic (exact) mass is 359 g/mol. The van der Waals surface area contributed by atoms with E-state index in [9.17, 15) is 9.59 Å². The standard InChI is InChI=1S/C14H18BrNO5/c1-8(4-12(17)18)7-16-14(19)9-5-10(20-2)13(15)11(6-9)21-3/h5-6,8H,4,7H2,1-3H3,(H,16,19)(H,17,18). The van der Waals surface area contributed by atoms with E-state index in [4.69, 9.17) is 14.6 Å². The van der Waals surface area contributed by atoms with Crippen molar-refractivity contribution in [1.29, 1.82) is 0 Å². The zero-order chi connectivity index (χ0) is 16.0. The molecule has 0 saturated heterocycles. The number of benzene rings is 1. The number of aliphatic carboxylic acids is 1. The Morgan fingerprint density at radius 3 is 2.24 bits per heavy atom. The van der Waals surface area contributed by atoms with Gasteiger partial charge in [0, 0.05) is 18.5 Å². The number of nitrogens with one attached hydrogen (secondary N) is 1. The Balaban J connectivity index is 2.80. The van der Waals surface area contributed by atoms with Crippen LogP contribution in [0, 0.1) is 5.92 Å². The van der Waals surface area contributed by atoms with Crippen LogP contribution < -0.4 is 14.8 Å². The van der Waals surface area contributed by atoms with E-state index in [1.54, 1.807) is 19.1 Å². The van der Waals surface area contributed by atoms with Gasteiger partial charge in [-0.25, -0.2) is 0 Å². The highest BCUT2D eigenvalue weighted by Gasteiger charge is 2.15. The number of halogens is 1. The number of carboxylic acids is 1. The van der Waals surface area contributed by atoms with Crippen LogP contribution in [0.15, 0.2) is 16.6 Å². The molecule has 21 heavy (non-hydrogen) atoms. The molecule has 1 atom stereocenters. The van der Waals surface area contributed by atoms with E-state index >= 15 is 0 Å². The van der Waals surface area contributed by atoms with Gasteiger partial charge in [0.2, 0.25) is 0 Å². The summed E-state index contributed by atoms with van der Waals surface area (Å²) in [5.41, 5.74) is 0.384. The van der Waals surface area contributed by atoms with Crippen LogP contribution in [0.25, 0.3) is 0 Å². The molecule has 0 spiro atoms. The van der Waals surface area contributed by atoms with Crippen molar-refractivity contribution in [3.8, 4) is 11.5 Å². The second-order valence-corrected chi connectivity index (χ2v) is 5.40. The molecule has 1 unspecified atom stereocenters. The van der Waals surface area contributed by atoms with E-state index in [1.807, 2.05) is 0 Å². The van der Waals surface area contributed by atoms with Crippen molar-refractivity contribution in [3.63, 3.8) is 0 Å². The second-order valence-electron chi connectivity index (χ2n) is 4.61. The van der Waals surface area contributed by atoms with Crippen molar-refractivity contribution in [2.24, 2.45) is 5.92 Å². The molecule has 0 radical (unpaired) electrons. The fourth-order valence-electron chi connectivity index (χ4n) is 1.74. The summed E-state index contributed by atoms with van der Waals surface area (Å²) in [6.45, 7) is 2.04. The largest absolute Gasteiger partial charge is 0.495 e. The SMILES string of the molecule is COc1cc(C(=O)NCC(C)CC(=O)O)cc(OC)c1Br. The van der Waals surface area contributed by atoms with Crippen LogP contribution in [0.4, 0.5) is 0 Å². The highest BCUT2D eigenvalue weighted by molar-refractivity contribution is 9.10. The van der Waals surface area contributed by atoms with Gasteiger partial charge in [-0.05, 0) is 34.0 Å². The zero-order valence-electron chi connectivity index (χ0n) is 12.1. The van der Waals surface area contributed by atoms with Gasteiger partial charge < -0.3 is 19.9 Å². The lowest BCUT2D eigenvalue weighted by atomic mass is 10.1. The Kier molecular flexibility index (Phi) is 6.48. The Morgan fingerprint density at radius 1 is 1.29 bits per heavy atom. The number of hydrogen-bond acceptors (Lipinski definition) is 4. The smallest absolute Gasteiger partial charge is 0.303 e. The predicted octanol–water partition coefficient (Wildman–Crippen LogP) is 2.31. The van der Waals surface area contributed by atoms with Gasteiger partial charge in [-0.1, -0.05) is 6.92 Å². The number of carboxylic acid groups (broad SMARTS) is 1. The van der Waals surface area contributed by atoms with Crippen LogP contribution in [-0.4, -0.2) is 37.7 Å². The van der Waals surface area contributed by atoms with Gasteiger partial charge in [-0.3, -0.25) is 9.59 Å². The molecule has 0 saturated carbocycles. The van der Waals surface area contributed by atoms with Gasteiger partial charge in [0.25, 0.3) is 5.91 Å². The van der Waals surface area contributed by atoms with Gasteiger partial charge in [-0.15, -0.1) is 0 Å². The molecule has 6 nitrogen and oxygen atoms in total. The van der Waals surface area contributed by atoms with Crippen LogP contribution >= 0.6 is 15.9 Å². The van der Waals surface area contributed by atoms with Crippen molar-refractivity contribution >= 4 is 27.8 Å². The summed E-state index contributed by atoms with van der Waals surface area (Å²) >= 11 is 3.33. The van der Waals surface area contributed by atoms with Gasteiger partial charge in [0.05, 0.1) is 14.2 Å². The molecule has 0 fully saturated rings. The summed E-state index contributed by atoms with van der Waals surface area (Å²) in [6.07, 6.45) is 0.00720. The summed E-state index contributed by atoms with van der Waals surface area (Å²) in [4.78, 5) is 22.7. The lowest BCUT2D eigenvalue weighted by Gasteiger charge is -2.13. The molecule has 116 valence electrons. The first-order valence-corrected chi connectivity index (χ1v) is 7.09. The maximum absolute atomic E-state index is 12.1. The van der Waals surface area contributed by atoms with E-state index in [0.29, 0.717) is 21.5 Å². The number of methoxy groups -OCH3 is 2. The van der Waals surface area contributed by atoms with Crippen LogP contribution in [0.3, 0.4) is 0 Å². The maximum atomic E-state index is 12.1. The molecule has 1 rings (SSSR count). The Bertz CT molecular complexity index is 507. The quantitative estimate of drug-likeness (QED) is 0.780. The number of carbonyl (C=O) groups is 2. The second kappa shape index (κ2) is 7.87. The Hall–Kier alpha value is -1.76. The van der Waals surface area contributed by atoms with E-state index in [0.717, 1.165) is 0 Å². The molecule has 1 aromatic carbocycles. The minimum absolute atomic E-state index is 0.00720. The molecular weight excluding hydrogens is 342 g/mol. The van der Waals surface area contributed by atoms with Gasteiger partial charge >= 0.3 is 5.97 Å². The summed E-state index contributed by atoms with van der Waals surface area (Å²) in [7, 11) is 2.99. The normalized spacial score (nSPS) is 11.6. The predicted molar refractivity (Wildman–Crippen MR) is 81.0 cm³/mol. The number of amides is 1. The van der Waals surface area contributed by atoms with Crippen LogP contribution in [0.5, 0.6) is 11.5 Å². The molecule has 0 aliphatic heterocycles. The molecule has 7 heteroatoms. The van der Waals surface area contributed by atoms with Crippen molar-refractivity contribution in [1.82, 2.24) is 5.32 Å². The number of rotatable bonds is 7. The number of hydrogen-bond donors (Lipinski definition) is 2. The van der Waals surface area contributed by atoms with E-state index in [-0.39, 0.29) is 24.8 Å². The Labute approximate surface area is 131 Å². The molecule has 0 aliphatic rings. The lowest BCUT2D eigenvalue weighted by Crippen LogP contribution is -2.29. The molecule has 0 aromatic heterocycles. The molecule has 1 amide bonds. The summed E-state index contributed by atoms with van der Waals surface area (Å²) in [5, 5.41) is 11.4. The van der Waals surface area contributed by atoms with Crippen molar-refractivity contribution in [3.05, 3.63) is 22.2 Å². The minimum Gasteiger partial charge on any atom is -0.495 e. The van der Waals surface area contributed by atoms with Crippen LogP contribution in [-0.2, 0) is 4.79 Å². The van der Waals surface area contributed by atoms with Gasteiger partial charge in [0.15, 0.2) is 0 Å². The van der Waals surface area contributed by atoms with Crippen molar-refractivity contribution < 1.29 is 24.2 Å². The van der Waals surface area contributed by atoms with Crippen LogP contribution in [0.2, 0.25) is 0 Å². The van der Waals surface area contributed by atoms with Crippen molar-refractivity contribution in [2.45, 2.75) is 13.3 Å². The molecular formula is C14H18BrNO5. The topological polar surface area (TPSA) is 84.9 Å². The third-order valence-electron chi connectivity index (χ3n) is 2.84. The molecule has 0 bridgehead atoms.